The summed E-state index contributed by atoms with van der Waals surface area (Å²) < 4.78 is 42.6. The van der Waals surface area contributed by atoms with Crippen molar-refractivity contribution in [1.29, 1.82) is 0 Å². The Labute approximate surface area is 151 Å². The second-order valence-electron chi connectivity index (χ2n) is 5.71. The minimum absolute atomic E-state index is 0.302. The Balaban J connectivity index is 1.73. The van der Waals surface area contributed by atoms with Gasteiger partial charge in [0.25, 0.3) is 0 Å². The molecule has 0 bridgehead atoms. The highest BCUT2D eigenvalue weighted by molar-refractivity contribution is 7.98. The van der Waals surface area contributed by atoms with Gasteiger partial charge in [0, 0.05) is 18.8 Å². The fraction of sp³-hybridized carbons (Fsp3) is 0.600. The molecule has 0 saturated heterocycles. The molecule has 1 atom stereocenters. The Hall–Kier alpha value is -1.36. The van der Waals surface area contributed by atoms with E-state index in [1.807, 2.05) is 23.2 Å². The molecule has 2 aromatic rings. The highest BCUT2D eigenvalue weighted by atomic mass is 32.3. The molecule has 0 aliphatic rings. The third-order valence-corrected chi connectivity index (χ3v) is 4.74. The predicted molar refractivity (Wildman–Crippen MR) is 93.7 cm³/mol. The molecule has 2 heterocycles. The summed E-state index contributed by atoms with van der Waals surface area (Å²) in [4.78, 5) is 0. The van der Waals surface area contributed by atoms with Crippen molar-refractivity contribution < 1.29 is 21.7 Å². The van der Waals surface area contributed by atoms with Gasteiger partial charge in [-0.25, -0.2) is 4.18 Å². The van der Waals surface area contributed by atoms with E-state index in [2.05, 4.69) is 10.3 Å². The lowest BCUT2D eigenvalue weighted by molar-refractivity contribution is 0.139. The maximum atomic E-state index is 11.0. The Morgan fingerprint density at radius 2 is 2.12 bits per heavy atom. The van der Waals surface area contributed by atoms with E-state index in [1.54, 1.807) is 24.8 Å². The molecule has 8 nitrogen and oxygen atoms in total. The van der Waals surface area contributed by atoms with Crippen LogP contribution in [0.25, 0.3) is 0 Å². The monoisotopic (exact) mass is 389 g/mol. The molecule has 1 N–H and O–H groups in total. The number of hydrogen-bond acceptors (Lipinski definition) is 7. The molecule has 0 spiro atoms. The van der Waals surface area contributed by atoms with Crippen molar-refractivity contribution in [2.24, 2.45) is 0 Å². The first-order valence-corrected chi connectivity index (χ1v) is 10.6. The molecule has 25 heavy (non-hydrogen) atoms. The number of rotatable bonds is 11. The van der Waals surface area contributed by atoms with Gasteiger partial charge >= 0.3 is 10.4 Å². The van der Waals surface area contributed by atoms with Gasteiger partial charge in [-0.2, -0.15) is 13.5 Å². The second kappa shape index (κ2) is 9.37. The van der Waals surface area contributed by atoms with E-state index in [4.69, 9.17) is 13.3 Å². The fourth-order valence-electron chi connectivity index (χ4n) is 2.45. The van der Waals surface area contributed by atoms with Crippen LogP contribution in [0.1, 0.15) is 49.7 Å². The van der Waals surface area contributed by atoms with Gasteiger partial charge in [-0.05, 0) is 32.1 Å². The largest absolute Gasteiger partial charge is 0.398 e. The summed E-state index contributed by atoms with van der Waals surface area (Å²) >= 11 is 1.61. The van der Waals surface area contributed by atoms with Crippen LogP contribution in [-0.4, -0.2) is 34.2 Å². The molecular formula is C15H23N3O5S2. The fourth-order valence-corrected chi connectivity index (χ4v) is 3.32. The first kappa shape index (κ1) is 20.0. The average molecular weight is 389 g/mol. The first-order valence-electron chi connectivity index (χ1n) is 8.04. The van der Waals surface area contributed by atoms with Crippen LogP contribution < -0.4 is 0 Å². The van der Waals surface area contributed by atoms with E-state index < -0.39 is 16.5 Å². The zero-order chi connectivity index (χ0) is 18.3. The first-order chi connectivity index (χ1) is 11.9. The van der Waals surface area contributed by atoms with Gasteiger partial charge in [0.1, 0.15) is 11.1 Å². The maximum Gasteiger partial charge on any atom is 0.398 e. The van der Waals surface area contributed by atoms with Crippen molar-refractivity contribution in [2.45, 2.75) is 56.7 Å². The zero-order valence-electron chi connectivity index (χ0n) is 14.3. The lowest BCUT2D eigenvalue weighted by Crippen LogP contribution is -2.10. The lowest BCUT2D eigenvalue weighted by atomic mass is 10.1. The quantitative estimate of drug-likeness (QED) is 0.354. The number of aryl methyl sites for hydroxylation is 2. The topological polar surface area (TPSA) is 107 Å². The van der Waals surface area contributed by atoms with Crippen LogP contribution in [0.2, 0.25) is 0 Å². The average Bonchev–Trinajstić information content (AvgIpc) is 3.17. The molecule has 0 aliphatic heterocycles. The summed E-state index contributed by atoms with van der Waals surface area (Å²) in [6.45, 7) is 2.59. The van der Waals surface area contributed by atoms with Crippen LogP contribution in [0, 0.1) is 6.92 Å². The Bertz CT molecular complexity index is 757. The molecule has 10 heteroatoms. The minimum Gasteiger partial charge on any atom is -0.358 e. The van der Waals surface area contributed by atoms with Crippen LogP contribution in [0.5, 0.6) is 0 Å². The molecule has 0 saturated carbocycles. The Kier molecular flexibility index (Phi) is 7.48. The summed E-state index contributed by atoms with van der Waals surface area (Å²) in [6, 6.07) is 3.60. The third kappa shape index (κ3) is 7.18. The van der Waals surface area contributed by atoms with E-state index in [-0.39, 0.29) is 0 Å². The van der Waals surface area contributed by atoms with Gasteiger partial charge in [-0.3, -0.25) is 9.23 Å². The number of thioether (sulfide) groups is 1. The van der Waals surface area contributed by atoms with Crippen molar-refractivity contribution in [3.05, 3.63) is 29.8 Å². The highest BCUT2D eigenvalue weighted by Crippen LogP contribution is 2.26. The summed E-state index contributed by atoms with van der Waals surface area (Å²) in [7, 11) is -4.55. The molecule has 0 radical (unpaired) electrons. The molecule has 2 aromatic heterocycles. The van der Waals surface area contributed by atoms with Gasteiger partial charge in [0.15, 0.2) is 5.76 Å². The van der Waals surface area contributed by atoms with Gasteiger partial charge in [-0.15, -0.1) is 11.8 Å². The number of nitrogens with zero attached hydrogens (tertiary/aromatic N) is 3. The van der Waals surface area contributed by atoms with E-state index >= 15 is 0 Å². The van der Waals surface area contributed by atoms with E-state index in [1.165, 1.54) is 0 Å². The van der Waals surface area contributed by atoms with Crippen molar-refractivity contribution in [1.82, 2.24) is 14.9 Å². The van der Waals surface area contributed by atoms with E-state index in [0.717, 1.165) is 37.3 Å². The van der Waals surface area contributed by atoms with Crippen LogP contribution >= 0.6 is 11.8 Å². The molecule has 0 amide bonds. The van der Waals surface area contributed by atoms with Crippen LogP contribution in [0.15, 0.2) is 27.9 Å². The maximum absolute atomic E-state index is 11.0. The predicted octanol–water partition coefficient (Wildman–Crippen LogP) is 3.41. The molecule has 1 unspecified atom stereocenters. The summed E-state index contributed by atoms with van der Waals surface area (Å²) in [5.41, 5.74) is 0.628. The molecule has 0 aliphatic carbocycles. The standard InChI is InChI=1S/C15H23N3O5S2/c1-12-11-14(22-17-12)13(23-25(19,20)21)7-5-3-4-6-9-18-10-8-15(16-18)24-2/h8,10-11,13H,3-7,9H2,1-2H3,(H,19,20,21). The summed E-state index contributed by atoms with van der Waals surface area (Å²) in [6.07, 6.45) is 7.16. The van der Waals surface area contributed by atoms with Crippen LogP contribution in [0.3, 0.4) is 0 Å². The normalized spacial score (nSPS) is 13.2. The van der Waals surface area contributed by atoms with Crippen LogP contribution in [0.4, 0.5) is 0 Å². The third-order valence-electron chi connectivity index (χ3n) is 3.63. The highest BCUT2D eigenvalue weighted by Gasteiger charge is 2.22. The minimum atomic E-state index is -4.55. The van der Waals surface area contributed by atoms with Crippen molar-refractivity contribution in [2.75, 3.05) is 6.26 Å². The zero-order valence-corrected chi connectivity index (χ0v) is 15.9. The van der Waals surface area contributed by atoms with Gasteiger partial charge in [0.2, 0.25) is 0 Å². The second-order valence-corrected chi connectivity index (χ2v) is 7.58. The van der Waals surface area contributed by atoms with Crippen molar-refractivity contribution in [3.8, 4) is 0 Å². The molecule has 140 valence electrons. The number of unbranched alkanes of at least 4 members (excludes halogenated alkanes) is 3. The van der Waals surface area contributed by atoms with Gasteiger partial charge in [0.05, 0.1) is 5.69 Å². The Morgan fingerprint density at radius 1 is 1.36 bits per heavy atom. The molecule has 0 aromatic carbocycles. The SMILES string of the molecule is CSc1ccn(CCCCCCC(OS(=O)(=O)O)c2cc(C)no2)n1. The van der Waals surface area contributed by atoms with Gasteiger partial charge in [-0.1, -0.05) is 24.4 Å². The van der Waals surface area contributed by atoms with Crippen LogP contribution in [-0.2, 0) is 21.1 Å². The molecule has 2 rings (SSSR count). The molecule has 0 fully saturated rings. The van der Waals surface area contributed by atoms with E-state index in [9.17, 15) is 8.42 Å². The van der Waals surface area contributed by atoms with Gasteiger partial charge < -0.3 is 4.52 Å². The number of hydrogen-bond donors (Lipinski definition) is 1. The number of aromatic nitrogens is 3. The van der Waals surface area contributed by atoms with Crippen molar-refractivity contribution in [3.63, 3.8) is 0 Å². The molecular weight excluding hydrogens is 366 g/mol. The summed E-state index contributed by atoms with van der Waals surface area (Å²) in [5, 5.41) is 9.13. The van der Waals surface area contributed by atoms with E-state index in [0.29, 0.717) is 17.9 Å². The van der Waals surface area contributed by atoms with Crippen molar-refractivity contribution >= 4 is 22.2 Å². The Morgan fingerprint density at radius 3 is 2.72 bits per heavy atom. The summed E-state index contributed by atoms with van der Waals surface area (Å²) in [5.74, 6) is 0.302. The smallest absolute Gasteiger partial charge is 0.358 e. The lowest BCUT2D eigenvalue weighted by Gasteiger charge is -2.12.